The SMILES string of the molecule is O=c1[nH]c(C2CCC(c3ccccc3)CC2)c(Cc2ccccc2Cl)c(=O)[nH]1. The zero-order valence-electron chi connectivity index (χ0n) is 15.6. The Morgan fingerprint density at radius 2 is 1.46 bits per heavy atom. The summed E-state index contributed by atoms with van der Waals surface area (Å²) < 4.78 is 0. The van der Waals surface area contributed by atoms with Crippen LogP contribution in [0.5, 0.6) is 0 Å². The van der Waals surface area contributed by atoms with Crippen LogP contribution in [0.1, 0.15) is 59.9 Å². The number of aromatic nitrogens is 2. The smallest absolute Gasteiger partial charge is 0.311 e. The van der Waals surface area contributed by atoms with Crippen molar-refractivity contribution >= 4 is 11.6 Å². The molecule has 1 aliphatic carbocycles. The van der Waals surface area contributed by atoms with E-state index >= 15 is 0 Å². The lowest BCUT2D eigenvalue weighted by Gasteiger charge is -2.29. The van der Waals surface area contributed by atoms with Gasteiger partial charge < -0.3 is 4.98 Å². The van der Waals surface area contributed by atoms with Gasteiger partial charge in [-0.15, -0.1) is 0 Å². The second-order valence-corrected chi connectivity index (χ2v) is 7.94. The van der Waals surface area contributed by atoms with Crippen LogP contribution in [0.3, 0.4) is 0 Å². The van der Waals surface area contributed by atoms with Crippen molar-refractivity contribution in [3.63, 3.8) is 0 Å². The van der Waals surface area contributed by atoms with Crippen molar-refractivity contribution in [3.8, 4) is 0 Å². The minimum Gasteiger partial charge on any atom is -0.311 e. The van der Waals surface area contributed by atoms with Gasteiger partial charge in [0.05, 0.1) is 0 Å². The van der Waals surface area contributed by atoms with E-state index in [-0.39, 0.29) is 11.5 Å². The summed E-state index contributed by atoms with van der Waals surface area (Å²) in [6.07, 6.45) is 4.42. The molecule has 2 N–H and O–H groups in total. The number of hydrogen-bond donors (Lipinski definition) is 2. The molecule has 4 rings (SSSR count). The zero-order chi connectivity index (χ0) is 19.5. The number of nitrogens with one attached hydrogen (secondary N) is 2. The molecular formula is C23H23ClN2O2. The predicted octanol–water partition coefficient (Wildman–Crippen LogP) is 4.75. The van der Waals surface area contributed by atoms with Crippen LogP contribution < -0.4 is 11.2 Å². The first-order valence-corrected chi connectivity index (χ1v) is 10.1. The molecule has 0 bridgehead atoms. The number of hydrogen-bond acceptors (Lipinski definition) is 2. The lowest BCUT2D eigenvalue weighted by molar-refractivity contribution is 0.388. The Labute approximate surface area is 168 Å². The molecule has 0 atom stereocenters. The normalized spacial score (nSPS) is 19.5. The molecule has 0 radical (unpaired) electrons. The topological polar surface area (TPSA) is 65.7 Å². The second-order valence-electron chi connectivity index (χ2n) is 7.53. The van der Waals surface area contributed by atoms with E-state index in [2.05, 4.69) is 34.2 Å². The van der Waals surface area contributed by atoms with E-state index in [1.165, 1.54) is 5.56 Å². The molecule has 4 nitrogen and oxygen atoms in total. The fourth-order valence-corrected chi connectivity index (χ4v) is 4.53. The highest BCUT2D eigenvalue weighted by molar-refractivity contribution is 6.31. The molecular weight excluding hydrogens is 372 g/mol. The van der Waals surface area contributed by atoms with Crippen LogP contribution in [0.15, 0.2) is 64.2 Å². The van der Waals surface area contributed by atoms with Crippen molar-refractivity contribution in [2.24, 2.45) is 0 Å². The quantitative estimate of drug-likeness (QED) is 0.670. The maximum Gasteiger partial charge on any atom is 0.325 e. The highest BCUT2D eigenvalue weighted by atomic mass is 35.5. The van der Waals surface area contributed by atoms with E-state index in [4.69, 9.17) is 11.6 Å². The molecule has 5 heteroatoms. The van der Waals surface area contributed by atoms with Crippen LogP contribution in [0.25, 0.3) is 0 Å². The Kier molecular flexibility index (Phi) is 5.49. The van der Waals surface area contributed by atoms with Crippen molar-refractivity contribution in [1.82, 2.24) is 9.97 Å². The number of aromatic amines is 2. The summed E-state index contributed by atoms with van der Waals surface area (Å²) in [4.78, 5) is 29.9. The summed E-state index contributed by atoms with van der Waals surface area (Å²) in [6.45, 7) is 0. The van der Waals surface area contributed by atoms with Gasteiger partial charge in [0.1, 0.15) is 0 Å². The zero-order valence-corrected chi connectivity index (χ0v) is 16.3. The molecule has 1 saturated carbocycles. The molecule has 1 aliphatic rings. The van der Waals surface area contributed by atoms with Gasteiger partial charge in [0.25, 0.3) is 5.56 Å². The standard InChI is InChI=1S/C23H23ClN2O2/c24-20-9-5-4-8-18(20)14-19-21(25-23(28)26-22(19)27)17-12-10-16(11-13-17)15-6-2-1-3-7-15/h1-9,16-17H,10-14H2,(H2,25,26,27,28). The van der Waals surface area contributed by atoms with Crippen LogP contribution in [-0.2, 0) is 6.42 Å². The van der Waals surface area contributed by atoms with Gasteiger partial charge in [-0.25, -0.2) is 4.79 Å². The van der Waals surface area contributed by atoms with Crippen LogP contribution in [0.2, 0.25) is 5.02 Å². The van der Waals surface area contributed by atoms with Gasteiger partial charge in [0, 0.05) is 22.7 Å². The third-order valence-corrected chi connectivity index (χ3v) is 6.17. The highest BCUT2D eigenvalue weighted by Gasteiger charge is 2.27. The van der Waals surface area contributed by atoms with Crippen molar-refractivity contribution in [1.29, 1.82) is 0 Å². The van der Waals surface area contributed by atoms with Gasteiger partial charge >= 0.3 is 5.69 Å². The largest absolute Gasteiger partial charge is 0.325 e. The summed E-state index contributed by atoms with van der Waals surface area (Å²) in [5, 5.41) is 0.631. The van der Waals surface area contributed by atoms with Crippen LogP contribution in [-0.4, -0.2) is 9.97 Å². The Hall–Kier alpha value is -2.59. The summed E-state index contributed by atoms with van der Waals surface area (Å²) in [6, 6.07) is 18.1. The Morgan fingerprint density at radius 3 is 2.18 bits per heavy atom. The first-order chi connectivity index (χ1) is 13.6. The molecule has 28 heavy (non-hydrogen) atoms. The van der Waals surface area contributed by atoms with E-state index in [0.717, 1.165) is 36.9 Å². The monoisotopic (exact) mass is 394 g/mol. The van der Waals surface area contributed by atoms with Gasteiger partial charge in [-0.2, -0.15) is 0 Å². The number of H-pyrrole nitrogens is 2. The Balaban J connectivity index is 1.60. The second kappa shape index (κ2) is 8.19. The Bertz CT molecular complexity index is 1060. The summed E-state index contributed by atoms with van der Waals surface area (Å²) in [7, 11) is 0. The summed E-state index contributed by atoms with van der Waals surface area (Å²) in [5.41, 5.74) is 2.91. The number of rotatable bonds is 4. The molecule has 1 heterocycles. The number of benzene rings is 2. The van der Waals surface area contributed by atoms with Gasteiger partial charge in [-0.05, 0) is 54.7 Å². The number of halogens is 1. The third kappa shape index (κ3) is 3.97. The molecule has 144 valence electrons. The fourth-order valence-electron chi connectivity index (χ4n) is 4.33. The van der Waals surface area contributed by atoms with Crippen LogP contribution in [0, 0.1) is 0 Å². The van der Waals surface area contributed by atoms with E-state index in [1.807, 2.05) is 30.3 Å². The predicted molar refractivity (Wildman–Crippen MR) is 112 cm³/mol. The van der Waals surface area contributed by atoms with E-state index < -0.39 is 5.69 Å². The average molecular weight is 395 g/mol. The average Bonchev–Trinajstić information content (AvgIpc) is 2.72. The fraction of sp³-hybridized carbons (Fsp3) is 0.304. The highest BCUT2D eigenvalue weighted by Crippen LogP contribution is 2.40. The maximum absolute atomic E-state index is 12.6. The molecule has 2 aromatic carbocycles. The van der Waals surface area contributed by atoms with E-state index in [9.17, 15) is 9.59 Å². The molecule has 0 aliphatic heterocycles. The maximum atomic E-state index is 12.6. The first-order valence-electron chi connectivity index (χ1n) is 9.75. The molecule has 0 amide bonds. The minimum atomic E-state index is -0.437. The lowest BCUT2D eigenvalue weighted by atomic mass is 9.76. The van der Waals surface area contributed by atoms with Gasteiger partial charge in [-0.1, -0.05) is 60.1 Å². The molecule has 0 unspecified atom stereocenters. The van der Waals surface area contributed by atoms with Crippen molar-refractivity contribution in [2.45, 2.75) is 43.9 Å². The van der Waals surface area contributed by atoms with E-state index in [0.29, 0.717) is 22.9 Å². The summed E-state index contributed by atoms with van der Waals surface area (Å²) >= 11 is 6.30. The van der Waals surface area contributed by atoms with E-state index in [1.54, 1.807) is 0 Å². The van der Waals surface area contributed by atoms with Crippen molar-refractivity contribution < 1.29 is 0 Å². The van der Waals surface area contributed by atoms with Crippen LogP contribution in [0.4, 0.5) is 0 Å². The first kappa shape index (κ1) is 18.8. The lowest BCUT2D eigenvalue weighted by Crippen LogP contribution is -2.30. The summed E-state index contributed by atoms with van der Waals surface area (Å²) in [5.74, 6) is 0.727. The molecule has 0 spiro atoms. The molecule has 1 fully saturated rings. The molecule has 0 saturated heterocycles. The minimum absolute atomic E-state index is 0.187. The van der Waals surface area contributed by atoms with Gasteiger partial charge in [0.2, 0.25) is 0 Å². The van der Waals surface area contributed by atoms with Gasteiger partial charge in [0.15, 0.2) is 0 Å². The van der Waals surface area contributed by atoms with Crippen molar-refractivity contribution in [3.05, 3.63) is 103 Å². The van der Waals surface area contributed by atoms with Gasteiger partial charge in [-0.3, -0.25) is 9.78 Å². The van der Waals surface area contributed by atoms with Crippen molar-refractivity contribution in [2.75, 3.05) is 0 Å². The molecule has 3 aromatic rings. The Morgan fingerprint density at radius 1 is 0.821 bits per heavy atom. The van der Waals surface area contributed by atoms with Crippen LogP contribution >= 0.6 is 11.6 Å². The third-order valence-electron chi connectivity index (χ3n) is 5.81. The molecule has 1 aromatic heterocycles.